The van der Waals surface area contributed by atoms with Crippen LogP contribution in [0.5, 0.6) is 0 Å². The SMILES string of the molecule is Cl.Nc1ccc(Cl)cc1[C@H](CCO)N1CCNCC1. The number of hydrogen-bond donors (Lipinski definition) is 3. The first kappa shape index (κ1) is 16.5. The molecule has 2 rings (SSSR count). The molecule has 0 unspecified atom stereocenters. The maximum atomic E-state index is 9.27. The zero-order valence-electron chi connectivity index (χ0n) is 10.8. The molecule has 1 aromatic carbocycles. The lowest BCUT2D eigenvalue weighted by atomic mass is 9.99. The number of rotatable bonds is 4. The second kappa shape index (κ2) is 7.92. The molecule has 0 aromatic heterocycles. The van der Waals surface area contributed by atoms with Crippen molar-refractivity contribution in [3.05, 3.63) is 28.8 Å². The summed E-state index contributed by atoms with van der Waals surface area (Å²) in [5, 5.41) is 13.3. The predicted molar refractivity (Wildman–Crippen MR) is 82.0 cm³/mol. The lowest BCUT2D eigenvalue weighted by molar-refractivity contribution is 0.141. The van der Waals surface area contributed by atoms with E-state index in [4.69, 9.17) is 17.3 Å². The molecule has 0 saturated carbocycles. The standard InChI is InChI=1S/C13H20ClN3O.ClH/c14-10-1-2-12(15)11(9-10)13(3-8-18)17-6-4-16-5-7-17;/h1-2,9,13,16,18H,3-8,15H2;1H/t13-;/m0./s1. The Bertz CT molecular complexity index is 397. The molecule has 1 aliphatic heterocycles. The van der Waals surface area contributed by atoms with Gasteiger partial charge in [0, 0.05) is 49.5 Å². The highest BCUT2D eigenvalue weighted by atomic mass is 35.5. The number of nitrogens with two attached hydrogens (primary N) is 1. The van der Waals surface area contributed by atoms with Crippen LogP contribution < -0.4 is 11.1 Å². The molecule has 108 valence electrons. The minimum atomic E-state index is 0. The summed E-state index contributed by atoms with van der Waals surface area (Å²) in [5.41, 5.74) is 7.82. The Morgan fingerprint density at radius 2 is 2.05 bits per heavy atom. The monoisotopic (exact) mass is 305 g/mol. The van der Waals surface area contributed by atoms with Gasteiger partial charge in [-0.1, -0.05) is 11.6 Å². The van der Waals surface area contributed by atoms with Crippen molar-refractivity contribution in [2.24, 2.45) is 0 Å². The number of hydrogen-bond acceptors (Lipinski definition) is 4. The summed E-state index contributed by atoms with van der Waals surface area (Å²) in [6.45, 7) is 4.04. The molecule has 6 heteroatoms. The summed E-state index contributed by atoms with van der Waals surface area (Å²) < 4.78 is 0. The van der Waals surface area contributed by atoms with Crippen molar-refractivity contribution in [1.29, 1.82) is 0 Å². The van der Waals surface area contributed by atoms with Crippen LogP contribution in [0.15, 0.2) is 18.2 Å². The van der Waals surface area contributed by atoms with Gasteiger partial charge in [0.05, 0.1) is 0 Å². The third kappa shape index (κ3) is 4.23. The fourth-order valence-electron chi connectivity index (χ4n) is 2.49. The maximum absolute atomic E-state index is 9.27. The van der Waals surface area contributed by atoms with Crippen molar-refractivity contribution in [3.63, 3.8) is 0 Å². The van der Waals surface area contributed by atoms with Gasteiger partial charge in [0.1, 0.15) is 0 Å². The molecule has 0 aliphatic carbocycles. The van der Waals surface area contributed by atoms with E-state index in [1.54, 1.807) is 6.07 Å². The molecule has 1 atom stereocenters. The van der Waals surface area contributed by atoms with Crippen LogP contribution in [0.4, 0.5) is 5.69 Å². The topological polar surface area (TPSA) is 61.5 Å². The van der Waals surface area contributed by atoms with Gasteiger partial charge in [-0.15, -0.1) is 12.4 Å². The van der Waals surface area contributed by atoms with E-state index in [1.165, 1.54) is 0 Å². The van der Waals surface area contributed by atoms with Gasteiger partial charge in [0.15, 0.2) is 0 Å². The van der Waals surface area contributed by atoms with Crippen molar-refractivity contribution in [2.45, 2.75) is 12.5 Å². The van der Waals surface area contributed by atoms with Crippen LogP contribution in [0.25, 0.3) is 0 Å². The van der Waals surface area contributed by atoms with Gasteiger partial charge in [-0.05, 0) is 30.2 Å². The Morgan fingerprint density at radius 3 is 2.68 bits per heavy atom. The molecule has 1 fully saturated rings. The van der Waals surface area contributed by atoms with E-state index in [1.807, 2.05) is 12.1 Å². The zero-order valence-corrected chi connectivity index (χ0v) is 12.4. The van der Waals surface area contributed by atoms with E-state index in [-0.39, 0.29) is 25.1 Å². The van der Waals surface area contributed by atoms with E-state index in [2.05, 4.69) is 10.2 Å². The molecule has 4 nitrogen and oxygen atoms in total. The van der Waals surface area contributed by atoms with Crippen molar-refractivity contribution < 1.29 is 5.11 Å². The van der Waals surface area contributed by atoms with Gasteiger partial charge < -0.3 is 16.2 Å². The fraction of sp³-hybridized carbons (Fsp3) is 0.538. The number of aliphatic hydroxyl groups excluding tert-OH is 1. The Kier molecular flexibility index (Phi) is 6.89. The first-order valence-corrected chi connectivity index (χ1v) is 6.70. The molecule has 1 heterocycles. The molecular weight excluding hydrogens is 285 g/mol. The number of aliphatic hydroxyl groups is 1. The first-order valence-electron chi connectivity index (χ1n) is 6.33. The molecule has 1 aliphatic rings. The van der Waals surface area contributed by atoms with Crippen molar-refractivity contribution in [1.82, 2.24) is 10.2 Å². The molecule has 19 heavy (non-hydrogen) atoms. The molecular formula is C13H21Cl2N3O. The number of nitrogens with zero attached hydrogens (tertiary/aromatic N) is 1. The van der Waals surface area contributed by atoms with Crippen molar-refractivity contribution in [3.8, 4) is 0 Å². The number of anilines is 1. The summed E-state index contributed by atoms with van der Waals surface area (Å²) in [6.07, 6.45) is 0.685. The van der Waals surface area contributed by atoms with E-state index in [0.29, 0.717) is 11.4 Å². The van der Waals surface area contributed by atoms with Gasteiger partial charge in [-0.3, -0.25) is 4.90 Å². The van der Waals surface area contributed by atoms with E-state index in [0.717, 1.165) is 37.4 Å². The minimum absolute atomic E-state index is 0. The van der Waals surface area contributed by atoms with Crippen LogP contribution in [-0.4, -0.2) is 42.8 Å². The van der Waals surface area contributed by atoms with Crippen molar-refractivity contribution >= 4 is 29.7 Å². The van der Waals surface area contributed by atoms with Crippen molar-refractivity contribution in [2.75, 3.05) is 38.5 Å². The Hall–Kier alpha value is -0.520. The van der Waals surface area contributed by atoms with Gasteiger partial charge in [0.25, 0.3) is 0 Å². The molecule has 0 amide bonds. The lowest BCUT2D eigenvalue weighted by Gasteiger charge is -2.35. The number of nitrogen functional groups attached to an aromatic ring is 1. The minimum Gasteiger partial charge on any atom is -0.398 e. The highest BCUT2D eigenvalue weighted by Crippen LogP contribution is 2.31. The Morgan fingerprint density at radius 1 is 1.37 bits per heavy atom. The third-order valence-electron chi connectivity index (χ3n) is 3.40. The predicted octanol–water partition coefficient (Wildman–Crippen LogP) is 1.67. The van der Waals surface area contributed by atoms with Gasteiger partial charge in [-0.2, -0.15) is 0 Å². The smallest absolute Gasteiger partial charge is 0.0449 e. The van der Waals surface area contributed by atoms with Crippen LogP contribution in [0.1, 0.15) is 18.0 Å². The largest absolute Gasteiger partial charge is 0.398 e. The highest BCUT2D eigenvalue weighted by Gasteiger charge is 2.23. The van der Waals surface area contributed by atoms with Crippen LogP contribution in [0, 0.1) is 0 Å². The number of halogens is 2. The summed E-state index contributed by atoms with van der Waals surface area (Å²) in [5.74, 6) is 0. The summed E-state index contributed by atoms with van der Waals surface area (Å²) in [7, 11) is 0. The van der Waals surface area contributed by atoms with E-state index in [9.17, 15) is 5.11 Å². The van der Waals surface area contributed by atoms with Gasteiger partial charge in [-0.25, -0.2) is 0 Å². The Balaban J connectivity index is 0.00000180. The van der Waals surface area contributed by atoms with Crippen LogP contribution in [0.3, 0.4) is 0 Å². The number of benzene rings is 1. The van der Waals surface area contributed by atoms with Gasteiger partial charge in [0.2, 0.25) is 0 Å². The third-order valence-corrected chi connectivity index (χ3v) is 3.64. The van der Waals surface area contributed by atoms with Gasteiger partial charge >= 0.3 is 0 Å². The molecule has 0 bridgehead atoms. The molecule has 1 saturated heterocycles. The normalized spacial score (nSPS) is 17.8. The summed E-state index contributed by atoms with van der Waals surface area (Å²) >= 11 is 6.05. The molecule has 4 N–H and O–H groups in total. The zero-order chi connectivity index (χ0) is 13.0. The first-order chi connectivity index (χ1) is 8.72. The van der Waals surface area contributed by atoms with E-state index < -0.39 is 0 Å². The quantitative estimate of drug-likeness (QED) is 0.741. The summed E-state index contributed by atoms with van der Waals surface area (Å²) in [6, 6.07) is 5.70. The van der Waals surface area contributed by atoms with E-state index >= 15 is 0 Å². The Labute approximate surface area is 125 Å². The van der Waals surface area contributed by atoms with Crippen LogP contribution >= 0.6 is 24.0 Å². The average molecular weight is 306 g/mol. The highest BCUT2D eigenvalue weighted by molar-refractivity contribution is 6.30. The molecule has 1 aromatic rings. The summed E-state index contributed by atoms with van der Waals surface area (Å²) in [4.78, 5) is 2.36. The second-order valence-electron chi connectivity index (χ2n) is 4.59. The van der Waals surface area contributed by atoms with Crippen LogP contribution in [-0.2, 0) is 0 Å². The lowest BCUT2D eigenvalue weighted by Crippen LogP contribution is -2.45. The second-order valence-corrected chi connectivity index (χ2v) is 5.02. The number of piperazine rings is 1. The van der Waals surface area contributed by atoms with Crippen LogP contribution in [0.2, 0.25) is 5.02 Å². The average Bonchev–Trinajstić information content (AvgIpc) is 2.40. The number of nitrogens with one attached hydrogen (secondary N) is 1. The molecule has 0 radical (unpaired) electrons. The fourth-order valence-corrected chi connectivity index (χ4v) is 2.67. The molecule has 0 spiro atoms. The maximum Gasteiger partial charge on any atom is 0.0449 e.